The summed E-state index contributed by atoms with van der Waals surface area (Å²) in [5.74, 6) is -0.407. The Bertz CT molecular complexity index is 614. The number of nitrogens with two attached hydrogens (primary N) is 1. The van der Waals surface area contributed by atoms with E-state index in [9.17, 15) is 4.79 Å². The lowest BCUT2D eigenvalue weighted by Gasteiger charge is -2.08. The molecule has 2 aromatic carbocycles. The van der Waals surface area contributed by atoms with E-state index in [1.165, 1.54) is 0 Å². The largest absolute Gasteiger partial charge is 0.457 e. The molecule has 0 radical (unpaired) electrons. The second kappa shape index (κ2) is 6.21. The molecule has 0 amide bonds. The highest BCUT2D eigenvalue weighted by Crippen LogP contribution is 2.22. The van der Waals surface area contributed by atoms with E-state index in [4.69, 9.17) is 10.5 Å². The summed E-state index contributed by atoms with van der Waals surface area (Å²) in [5.41, 5.74) is 7.52. The van der Waals surface area contributed by atoms with Gasteiger partial charge in [0.15, 0.2) is 0 Å². The molecule has 5 heteroatoms. The molecule has 0 atom stereocenters. The Balaban J connectivity index is 2.10. The number of nitrogen functional groups attached to an aromatic ring is 1. The van der Waals surface area contributed by atoms with Crippen molar-refractivity contribution < 1.29 is 9.53 Å². The summed E-state index contributed by atoms with van der Waals surface area (Å²) >= 11 is 6.71. The molecule has 0 unspecified atom stereocenters. The molecule has 19 heavy (non-hydrogen) atoms. The van der Waals surface area contributed by atoms with E-state index in [0.717, 1.165) is 10.0 Å². The fourth-order valence-corrected chi connectivity index (χ4v) is 2.34. The van der Waals surface area contributed by atoms with Crippen LogP contribution in [0.1, 0.15) is 15.9 Å². The third kappa shape index (κ3) is 3.58. The van der Waals surface area contributed by atoms with Crippen LogP contribution in [0.25, 0.3) is 0 Å². The number of benzene rings is 2. The maximum Gasteiger partial charge on any atom is 0.339 e. The van der Waals surface area contributed by atoms with Gasteiger partial charge in [-0.25, -0.2) is 4.79 Å². The van der Waals surface area contributed by atoms with Crippen LogP contribution in [0, 0.1) is 0 Å². The molecule has 3 nitrogen and oxygen atoms in total. The number of carbonyl (C=O) groups is 1. The number of hydrogen-bond donors (Lipinski definition) is 1. The van der Waals surface area contributed by atoms with Crippen molar-refractivity contribution in [1.29, 1.82) is 0 Å². The van der Waals surface area contributed by atoms with Crippen LogP contribution in [-0.2, 0) is 11.3 Å². The van der Waals surface area contributed by atoms with Gasteiger partial charge in [0.2, 0.25) is 0 Å². The number of halogens is 2. The number of carbonyl (C=O) groups excluding carboxylic acids is 1. The van der Waals surface area contributed by atoms with Gasteiger partial charge >= 0.3 is 5.97 Å². The minimum absolute atomic E-state index is 0.210. The maximum atomic E-state index is 12.0. The van der Waals surface area contributed by atoms with Gasteiger partial charge in [0.1, 0.15) is 6.61 Å². The molecule has 0 fully saturated rings. The van der Waals surface area contributed by atoms with Gasteiger partial charge in [0.25, 0.3) is 0 Å². The van der Waals surface area contributed by atoms with Gasteiger partial charge in [-0.3, -0.25) is 0 Å². The van der Waals surface area contributed by atoms with Crippen LogP contribution in [0.15, 0.2) is 51.4 Å². The van der Waals surface area contributed by atoms with E-state index in [2.05, 4.69) is 31.9 Å². The van der Waals surface area contributed by atoms with E-state index in [1.807, 2.05) is 24.3 Å². The summed E-state index contributed by atoms with van der Waals surface area (Å²) in [7, 11) is 0. The minimum Gasteiger partial charge on any atom is -0.457 e. The lowest BCUT2D eigenvalue weighted by molar-refractivity contribution is 0.0471. The Morgan fingerprint density at radius 1 is 1.11 bits per heavy atom. The average molecular weight is 385 g/mol. The van der Waals surface area contributed by atoms with Gasteiger partial charge in [-0.1, -0.05) is 34.1 Å². The van der Waals surface area contributed by atoms with Crippen molar-refractivity contribution in [2.45, 2.75) is 6.61 Å². The monoisotopic (exact) mass is 383 g/mol. The Hall–Kier alpha value is -1.33. The van der Waals surface area contributed by atoms with E-state index in [1.54, 1.807) is 18.2 Å². The van der Waals surface area contributed by atoms with Gasteiger partial charge in [0.05, 0.1) is 5.56 Å². The van der Waals surface area contributed by atoms with Crippen molar-refractivity contribution in [2.75, 3.05) is 5.73 Å². The predicted molar refractivity (Wildman–Crippen MR) is 81.8 cm³/mol. The molecular weight excluding hydrogens is 374 g/mol. The van der Waals surface area contributed by atoms with Gasteiger partial charge in [-0.05, 0) is 40.2 Å². The van der Waals surface area contributed by atoms with Crippen molar-refractivity contribution in [3.05, 3.63) is 62.5 Å². The van der Waals surface area contributed by atoms with E-state index < -0.39 is 5.97 Å². The Kier molecular flexibility index (Phi) is 4.61. The molecule has 0 bridgehead atoms. The molecule has 0 aliphatic heterocycles. The Labute approximate surface area is 128 Å². The molecule has 0 saturated carbocycles. The van der Waals surface area contributed by atoms with Crippen LogP contribution in [0.5, 0.6) is 0 Å². The topological polar surface area (TPSA) is 52.3 Å². The Morgan fingerprint density at radius 2 is 1.84 bits per heavy atom. The highest BCUT2D eigenvalue weighted by Gasteiger charge is 2.12. The SMILES string of the molecule is Nc1ccc(Br)c(C(=O)OCc2ccccc2Br)c1. The molecular formula is C14H11Br2NO2. The van der Waals surface area contributed by atoms with Gasteiger partial charge in [-0.15, -0.1) is 0 Å². The smallest absolute Gasteiger partial charge is 0.339 e. The number of hydrogen-bond acceptors (Lipinski definition) is 3. The zero-order chi connectivity index (χ0) is 13.8. The highest BCUT2D eigenvalue weighted by molar-refractivity contribution is 9.10. The normalized spacial score (nSPS) is 10.2. The predicted octanol–water partition coefficient (Wildman–Crippen LogP) is 4.15. The molecule has 0 heterocycles. The second-order valence-corrected chi connectivity index (χ2v) is 5.62. The first-order chi connectivity index (χ1) is 9.08. The molecule has 98 valence electrons. The number of esters is 1. The van der Waals surface area contributed by atoms with Crippen molar-refractivity contribution >= 4 is 43.5 Å². The molecule has 0 spiro atoms. The van der Waals surface area contributed by atoms with E-state index in [-0.39, 0.29) is 6.61 Å². The van der Waals surface area contributed by atoms with Crippen molar-refractivity contribution in [3.63, 3.8) is 0 Å². The summed E-state index contributed by atoms with van der Waals surface area (Å²) < 4.78 is 6.85. The van der Waals surface area contributed by atoms with Gasteiger partial charge < -0.3 is 10.5 Å². The molecule has 0 aliphatic carbocycles. The van der Waals surface area contributed by atoms with Crippen LogP contribution in [-0.4, -0.2) is 5.97 Å². The lowest BCUT2D eigenvalue weighted by Crippen LogP contribution is -2.07. The zero-order valence-corrected chi connectivity index (χ0v) is 13.1. The maximum absolute atomic E-state index is 12.0. The standard InChI is InChI=1S/C14H11Br2NO2/c15-12-4-2-1-3-9(12)8-19-14(18)11-7-10(17)5-6-13(11)16/h1-7H,8,17H2. The fourth-order valence-electron chi connectivity index (χ4n) is 1.54. The molecule has 2 N–H and O–H groups in total. The highest BCUT2D eigenvalue weighted by atomic mass is 79.9. The first-order valence-corrected chi connectivity index (χ1v) is 7.12. The van der Waals surface area contributed by atoms with Crippen LogP contribution < -0.4 is 5.73 Å². The molecule has 0 aliphatic rings. The van der Waals surface area contributed by atoms with Crippen LogP contribution in [0.2, 0.25) is 0 Å². The number of ether oxygens (including phenoxy) is 1. The molecule has 0 aromatic heterocycles. The van der Waals surface area contributed by atoms with Crippen LogP contribution in [0.3, 0.4) is 0 Å². The lowest BCUT2D eigenvalue weighted by atomic mass is 10.2. The third-order valence-corrected chi connectivity index (χ3v) is 3.99. The zero-order valence-electron chi connectivity index (χ0n) is 9.90. The molecule has 0 saturated heterocycles. The fraction of sp³-hybridized carbons (Fsp3) is 0.0714. The Morgan fingerprint density at radius 3 is 2.58 bits per heavy atom. The van der Waals surface area contributed by atoms with E-state index in [0.29, 0.717) is 15.7 Å². The van der Waals surface area contributed by atoms with Crippen molar-refractivity contribution in [1.82, 2.24) is 0 Å². The first kappa shape index (κ1) is 14.1. The van der Waals surface area contributed by atoms with Gasteiger partial charge in [-0.2, -0.15) is 0 Å². The first-order valence-electron chi connectivity index (χ1n) is 5.53. The van der Waals surface area contributed by atoms with Crippen molar-refractivity contribution in [3.8, 4) is 0 Å². The summed E-state index contributed by atoms with van der Waals surface area (Å²) in [4.78, 5) is 12.0. The summed E-state index contributed by atoms with van der Waals surface area (Å²) in [5, 5.41) is 0. The number of anilines is 1. The minimum atomic E-state index is -0.407. The van der Waals surface area contributed by atoms with Gasteiger partial charge in [0, 0.05) is 20.2 Å². The van der Waals surface area contributed by atoms with Crippen LogP contribution >= 0.6 is 31.9 Å². The average Bonchev–Trinajstić information content (AvgIpc) is 2.40. The summed E-state index contributed by atoms with van der Waals surface area (Å²) in [6.07, 6.45) is 0. The van der Waals surface area contributed by atoms with Crippen LogP contribution in [0.4, 0.5) is 5.69 Å². The molecule has 2 aromatic rings. The summed E-state index contributed by atoms with van der Waals surface area (Å²) in [6, 6.07) is 12.6. The van der Waals surface area contributed by atoms with E-state index >= 15 is 0 Å². The second-order valence-electron chi connectivity index (χ2n) is 3.91. The van der Waals surface area contributed by atoms with Crippen molar-refractivity contribution in [2.24, 2.45) is 0 Å². The molecule has 2 rings (SSSR count). The quantitative estimate of drug-likeness (QED) is 0.638. The summed E-state index contributed by atoms with van der Waals surface area (Å²) in [6.45, 7) is 0.210. The third-order valence-electron chi connectivity index (χ3n) is 2.53. The number of rotatable bonds is 3.